The SMILES string of the molecule is CCC(NC(=O)CSCc1ccc(Cl)cc1F)c1ccc(OC)c(OC)c1. The van der Waals surface area contributed by atoms with Crippen molar-refractivity contribution in [3.8, 4) is 11.5 Å². The molecule has 1 unspecified atom stereocenters. The van der Waals surface area contributed by atoms with Crippen molar-refractivity contribution in [3.63, 3.8) is 0 Å². The molecule has 2 rings (SSSR count). The van der Waals surface area contributed by atoms with Crippen molar-refractivity contribution in [2.24, 2.45) is 0 Å². The van der Waals surface area contributed by atoms with Crippen LogP contribution in [-0.4, -0.2) is 25.9 Å². The molecule has 0 aliphatic rings. The van der Waals surface area contributed by atoms with Crippen LogP contribution in [0.2, 0.25) is 5.02 Å². The zero-order chi connectivity index (χ0) is 19.8. The van der Waals surface area contributed by atoms with E-state index in [9.17, 15) is 9.18 Å². The maximum Gasteiger partial charge on any atom is 0.230 e. The predicted octanol–water partition coefficient (Wildman–Crippen LogP) is 5.00. The monoisotopic (exact) mass is 411 g/mol. The van der Waals surface area contributed by atoms with Crippen LogP contribution >= 0.6 is 23.4 Å². The van der Waals surface area contributed by atoms with Crippen LogP contribution in [0.25, 0.3) is 0 Å². The van der Waals surface area contributed by atoms with Crippen molar-refractivity contribution in [1.29, 1.82) is 0 Å². The van der Waals surface area contributed by atoms with Gasteiger partial charge in [0.25, 0.3) is 0 Å². The van der Waals surface area contributed by atoms with Crippen LogP contribution in [0.1, 0.15) is 30.5 Å². The van der Waals surface area contributed by atoms with E-state index < -0.39 is 0 Å². The van der Waals surface area contributed by atoms with Crippen molar-refractivity contribution in [2.75, 3.05) is 20.0 Å². The Kier molecular flexibility index (Phi) is 8.25. The molecule has 0 saturated heterocycles. The van der Waals surface area contributed by atoms with Crippen LogP contribution in [0.4, 0.5) is 4.39 Å². The zero-order valence-corrected chi connectivity index (χ0v) is 17.1. The lowest BCUT2D eigenvalue weighted by atomic mass is 10.0. The van der Waals surface area contributed by atoms with Gasteiger partial charge in [-0.05, 0) is 41.8 Å². The minimum absolute atomic E-state index is 0.101. The van der Waals surface area contributed by atoms with Crippen LogP contribution in [0.3, 0.4) is 0 Å². The van der Waals surface area contributed by atoms with Gasteiger partial charge in [-0.15, -0.1) is 11.8 Å². The van der Waals surface area contributed by atoms with Crippen LogP contribution in [0.5, 0.6) is 11.5 Å². The molecule has 1 N–H and O–H groups in total. The third kappa shape index (κ3) is 6.04. The Morgan fingerprint density at radius 1 is 1.19 bits per heavy atom. The summed E-state index contributed by atoms with van der Waals surface area (Å²) >= 11 is 7.10. The largest absolute Gasteiger partial charge is 0.493 e. The minimum atomic E-state index is -0.354. The summed E-state index contributed by atoms with van der Waals surface area (Å²) in [6.45, 7) is 2.00. The fourth-order valence-electron chi connectivity index (χ4n) is 2.62. The number of thioether (sulfide) groups is 1. The highest BCUT2D eigenvalue weighted by molar-refractivity contribution is 7.99. The number of nitrogens with one attached hydrogen (secondary N) is 1. The van der Waals surface area contributed by atoms with Gasteiger partial charge >= 0.3 is 0 Å². The van der Waals surface area contributed by atoms with Crippen molar-refractivity contribution < 1.29 is 18.7 Å². The molecule has 0 spiro atoms. The molecule has 0 aliphatic carbocycles. The van der Waals surface area contributed by atoms with Gasteiger partial charge < -0.3 is 14.8 Å². The first-order valence-corrected chi connectivity index (χ1v) is 10.0. The molecule has 2 aromatic rings. The summed E-state index contributed by atoms with van der Waals surface area (Å²) in [5.41, 5.74) is 1.47. The van der Waals surface area contributed by atoms with Crippen LogP contribution < -0.4 is 14.8 Å². The third-order valence-electron chi connectivity index (χ3n) is 4.06. The highest BCUT2D eigenvalue weighted by atomic mass is 35.5. The summed E-state index contributed by atoms with van der Waals surface area (Å²) in [4.78, 5) is 12.3. The first-order chi connectivity index (χ1) is 13.0. The lowest BCUT2D eigenvalue weighted by Crippen LogP contribution is -2.29. The number of methoxy groups -OCH3 is 2. The standard InChI is InChI=1S/C20H23ClFNO3S/c1-4-17(13-6-8-18(25-2)19(9-13)26-3)23-20(24)12-27-11-14-5-7-15(21)10-16(14)22/h5-10,17H,4,11-12H2,1-3H3,(H,23,24). The van der Waals surface area contributed by atoms with E-state index in [2.05, 4.69) is 5.32 Å². The number of hydrogen-bond donors (Lipinski definition) is 1. The average molecular weight is 412 g/mol. The van der Waals surface area contributed by atoms with Gasteiger partial charge in [0.1, 0.15) is 5.82 Å². The van der Waals surface area contributed by atoms with Crippen LogP contribution in [0.15, 0.2) is 36.4 Å². The molecule has 2 aromatic carbocycles. The van der Waals surface area contributed by atoms with Crippen molar-refractivity contribution in [1.82, 2.24) is 5.32 Å². The van der Waals surface area contributed by atoms with Gasteiger partial charge in [-0.1, -0.05) is 30.7 Å². The predicted molar refractivity (Wildman–Crippen MR) is 108 cm³/mol. The molecular weight excluding hydrogens is 389 g/mol. The lowest BCUT2D eigenvalue weighted by Gasteiger charge is -2.19. The maximum atomic E-state index is 13.8. The maximum absolute atomic E-state index is 13.8. The molecule has 0 saturated carbocycles. The van der Waals surface area contributed by atoms with Gasteiger partial charge in [0.15, 0.2) is 11.5 Å². The lowest BCUT2D eigenvalue weighted by molar-refractivity contribution is -0.119. The number of hydrogen-bond acceptors (Lipinski definition) is 4. The molecule has 4 nitrogen and oxygen atoms in total. The first-order valence-electron chi connectivity index (χ1n) is 8.51. The molecule has 0 radical (unpaired) electrons. The van der Waals surface area contributed by atoms with E-state index in [-0.39, 0.29) is 23.5 Å². The average Bonchev–Trinajstić information content (AvgIpc) is 2.67. The second kappa shape index (κ2) is 10.4. The summed E-state index contributed by atoms with van der Waals surface area (Å²) in [5.74, 6) is 1.46. The molecular formula is C20H23ClFNO3S. The number of benzene rings is 2. The minimum Gasteiger partial charge on any atom is -0.493 e. The topological polar surface area (TPSA) is 47.6 Å². The summed E-state index contributed by atoms with van der Waals surface area (Å²) in [6.07, 6.45) is 0.734. The van der Waals surface area contributed by atoms with Crippen molar-refractivity contribution in [2.45, 2.75) is 25.1 Å². The van der Waals surface area contributed by atoms with E-state index in [1.165, 1.54) is 17.8 Å². The highest BCUT2D eigenvalue weighted by Gasteiger charge is 2.15. The van der Waals surface area contributed by atoms with Crippen molar-refractivity contribution in [3.05, 3.63) is 58.4 Å². The number of carbonyl (C=O) groups is 1. The molecule has 27 heavy (non-hydrogen) atoms. The Bertz CT molecular complexity index is 788. The molecule has 0 aliphatic heterocycles. The Morgan fingerprint density at radius 3 is 2.56 bits per heavy atom. The molecule has 1 amide bonds. The quantitative estimate of drug-likeness (QED) is 0.631. The fraction of sp³-hybridized carbons (Fsp3) is 0.350. The highest BCUT2D eigenvalue weighted by Crippen LogP contribution is 2.31. The molecule has 0 bridgehead atoms. The molecule has 0 fully saturated rings. The normalized spacial score (nSPS) is 11.7. The Morgan fingerprint density at radius 2 is 1.93 bits per heavy atom. The summed E-state index contributed by atoms with van der Waals surface area (Å²) < 4.78 is 24.3. The van der Waals surface area contributed by atoms with E-state index in [1.807, 2.05) is 25.1 Å². The second-order valence-corrected chi connectivity index (χ2v) is 7.29. The van der Waals surface area contributed by atoms with Gasteiger partial charge in [-0.3, -0.25) is 4.79 Å². The van der Waals surface area contributed by atoms with Crippen molar-refractivity contribution >= 4 is 29.3 Å². The fourth-order valence-corrected chi connectivity index (χ4v) is 3.60. The Hall–Kier alpha value is -1.92. The van der Waals surface area contributed by atoms with E-state index in [4.69, 9.17) is 21.1 Å². The molecule has 0 aromatic heterocycles. The number of ether oxygens (including phenoxy) is 2. The van der Waals surface area contributed by atoms with E-state index in [0.717, 1.165) is 12.0 Å². The van der Waals surface area contributed by atoms with Crippen LogP contribution in [0, 0.1) is 5.82 Å². The number of rotatable bonds is 9. The van der Waals surface area contributed by atoms with Gasteiger partial charge in [0, 0.05) is 10.8 Å². The molecule has 7 heteroatoms. The van der Waals surface area contributed by atoms with E-state index >= 15 is 0 Å². The summed E-state index contributed by atoms with van der Waals surface area (Å²) in [7, 11) is 3.16. The summed E-state index contributed by atoms with van der Waals surface area (Å²) in [5, 5.41) is 3.37. The second-order valence-electron chi connectivity index (χ2n) is 5.87. The van der Waals surface area contributed by atoms with Gasteiger partial charge in [0.2, 0.25) is 5.91 Å². The number of amides is 1. The number of halogens is 2. The molecule has 146 valence electrons. The Balaban J connectivity index is 1.92. The van der Waals surface area contributed by atoms with Gasteiger partial charge in [-0.2, -0.15) is 0 Å². The number of carbonyl (C=O) groups excluding carboxylic acids is 1. The van der Waals surface area contributed by atoms with Crippen LogP contribution in [-0.2, 0) is 10.5 Å². The van der Waals surface area contributed by atoms with Gasteiger partial charge in [-0.25, -0.2) is 4.39 Å². The Labute approximate surface area is 168 Å². The first kappa shape index (κ1) is 21.4. The third-order valence-corrected chi connectivity index (χ3v) is 5.28. The molecule has 1 atom stereocenters. The van der Waals surface area contributed by atoms with E-state index in [0.29, 0.717) is 27.8 Å². The van der Waals surface area contributed by atoms with Gasteiger partial charge in [0.05, 0.1) is 26.0 Å². The zero-order valence-electron chi connectivity index (χ0n) is 15.6. The van der Waals surface area contributed by atoms with E-state index in [1.54, 1.807) is 26.4 Å². The molecule has 0 heterocycles. The smallest absolute Gasteiger partial charge is 0.230 e. The summed E-state index contributed by atoms with van der Waals surface area (Å²) in [6, 6.07) is 10.0.